The number of furan rings is 1. The number of aliphatic hydroxyl groups excluding tert-OH is 1. The van der Waals surface area contributed by atoms with Crippen LogP contribution < -0.4 is 10.1 Å². The summed E-state index contributed by atoms with van der Waals surface area (Å²) in [7, 11) is 1.64. The summed E-state index contributed by atoms with van der Waals surface area (Å²) in [6.45, 7) is 0.506. The minimum absolute atomic E-state index is 0.0703. The molecule has 0 spiro atoms. The number of methoxy groups -OCH3 is 1. The molecule has 2 rings (SSSR count). The van der Waals surface area contributed by atoms with Crippen LogP contribution in [-0.4, -0.2) is 12.2 Å². The van der Waals surface area contributed by atoms with Crippen molar-refractivity contribution in [2.75, 3.05) is 12.4 Å². The predicted octanol–water partition coefficient (Wildman–Crippen LogP) is 2.39. The fraction of sp³-hybridized carbons (Fsp3) is 0.231. The molecule has 0 bridgehead atoms. The molecule has 0 aliphatic rings. The Kier molecular flexibility index (Phi) is 3.67. The molecule has 2 aromatic rings. The van der Waals surface area contributed by atoms with Gasteiger partial charge in [-0.25, -0.2) is 0 Å². The van der Waals surface area contributed by atoms with Crippen LogP contribution in [0.2, 0.25) is 0 Å². The molecule has 0 aliphatic heterocycles. The van der Waals surface area contributed by atoms with E-state index in [9.17, 15) is 0 Å². The molecule has 0 fully saturated rings. The molecule has 1 aromatic carbocycles. The molecular weight excluding hydrogens is 218 g/mol. The Hall–Kier alpha value is -1.94. The molecule has 0 saturated heterocycles. The summed E-state index contributed by atoms with van der Waals surface area (Å²) in [6, 6.07) is 11.3. The zero-order valence-electron chi connectivity index (χ0n) is 9.64. The standard InChI is InChI=1S/C13H15NO3/c1-16-11-4-2-3-10(7-11)14-8-12-5-6-13(9-15)17-12/h2-7,14-15H,8-9H2,1H3. The third-order valence-electron chi connectivity index (χ3n) is 2.41. The summed E-state index contributed by atoms with van der Waals surface area (Å²) in [5.41, 5.74) is 0.964. The van der Waals surface area contributed by atoms with Crippen LogP contribution in [0, 0.1) is 0 Å². The van der Waals surface area contributed by atoms with Gasteiger partial charge in [0.25, 0.3) is 0 Å². The van der Waals surface area contributed by atoms with Gasteiger partial charge in [0.2, 0.25) is 0 Å². The summed E-state index contributed by atoms with van der Waals surface area (Å²) in [5, 5.41) is 12.1. The van der Waals surface area contributed by atoms with Gasteiger partial charge in [-0.1, -0.05) is 6.07 Å². The zero-order valence-corrected chi connectivity index (χ0v) is 9.64. The van der Waals surface area contributed by atoms with Crippen molar-refractivity contribution < 1.29 is 14.3 Å². The number of aliphatic hydroxyl groups is 1. The normalized spacial score (nSPS) is 10.2. The van der Waals surface area contributed by atoms with Gasteiger partial charge in [0.15, 0.2) is 0 Å². The Balaban J connectivity index is 1.96. The second-order valence-corrected chi connectivity index (χ2v) is 3.61. The van der Waals surface area contributed by atoms with E-state index in [4.69, 9.17) is 14.3 Å². The Bertz CT molecular complexity index is 479. The zero-order chi connectivity index (χ0) is 12.1. The van der Waals surface area contributed by atoms with Gasteiger partial charge in [0, 0.05) is 11.8 Å². The lowest BCUT2D eigenvalue weighted by atomic mass is 10.3. The number of anilines is 1. The highest BCUT2D eigenvalue weighted by atomic mass is 16.5. The van der Waals surface area contributed by atoms with E-state index in [2.05, 4.69) is 5.32 Å². The maximum absolute atomic E-state index is 8.87. The van der Waals surface area contributed by atoms with Gasteiger partial charge < -0.3 is 19.6 Å². The van der Waals surface area contributed by atoms with Gasteiger partial charge in [-0.05, 0) is 24.3 Å². The molecule has 4 heteroatoms. The van der Waals surface area contributed by atoms with E-state index in [0.717, 1.165) is 17.2 Å². The van der Waals surface area contributed by atoms with Crippen molar-refractivity contribution in [3.8, 4) is 5.75 Å². The van der Waals surface area contributed by atoms with E-state index >= 15 is 0 Å². The lowest BCUT2D eigenvalue weighted by Gasteiger charge is -2.06. The van der Waals surface area contributed by atoms with E-state index in [0.29, 0.717) is 12.3 Å². The minimum atomic E-state index is -0.0703. The summed E-state index contributed by atoms with van der Waals surface area (Å²) in [5.74, 6) is 2.18. The summed E-state index contributed by atoms with van der Waals surface area (Å²) in [4.78, 5) is 0. The van der Waals surface area contributed by atoms with E-state index in [1.54, 1.807) is 13.2 Å². The average molecular weight is 233 g/mol. The van der Waals surface area contributed by atoms with Gasteiger partial charge in [-0.3, -0.25) is 0 Å². The van der Waals surface area contributed by atoms with Crippen LogP contribution in [0.15, 0.2) is 40.8 Å². The molecule has 1 aromatic heterocycles. The predicted molar refractivity (Wildman–Crippen MR) is 65.0 cm³/mol. The van der Waals surface area contributed by atoms with Crippen LogP contribution in [0.1, 0.15) is 11.5 Å². The molecular formula is C13H15NO3. The van der Waals surface area contributed by atoms with Crippen molar-refractivity contribution in [2.24, 2.45) is 0 Å². The summed E-state index contributed by atoms with van der Waals surface area (Å²) < 4.78 is 10.5. The average Bonchev–Trinajstić information content (AvgIpc) is 2.84. The van der Waals surface area contributed by atoms with Gasteiger partial charge in [-0.15, -0.1) is 0 Å². The SMILES string of the molecule is COc1cccc(NCc2ccc(CO)o2)c1. The Morgan fingerprint density at radius 1 is 1.24 bits per heavy atom. The largest absolute Gasteiger partial charge is 0.497 e. The number of hydrogen-bond donors (Lipinski definition) is 2. The quantitative estimate of drug-likeness (QED) is 0.832. The molecule has 2 N–H and O–H groups in total. The van der Waals surface area contributed by atoms with Crippen molar-refractivity contribution in [3.63, 3.8) is 0 Å². The van der Waals surface area contributed by atoms with E-state index in [1.165, 1.54) is 0 Å². The van der Waals surface area contributed by atoms with Crippen LogP contribution in [0.5, 0.6) is 5.75 Å². The lowest BCUT2D eigenvalue weighted by Crippen LogP contribution is -1.98. The fourth-order valence-electron chi connectivity index (χ4n) is 1.52. The molecule has 0 unspecified atom stereocenters. The van der Waals surface area contributed by atoms with Crippen molar-refractivity contribution in [1.29, 1.82) is 0 Å². The maximum atomic E-state index is 8.87. The molecule has 17 heavy (non-hydrogen) atoms. The first-order valence-electron chi connectivity index (χ1n) is 5.38. The topological polar surface area (TPSA) is 54.6 Å². The van der Waals surface area contributed by atoms with E-state index in [1.807, 2.05) is 30.3 Å². The number of nitrogens with one attached hydrogen (secondary N) is 1. The molecule has 90 valence electrons. The maximum Gasteiger partial charge on any atom is 0.129 e. The molecule has 4 nitrogen and oxygen atoms in total. The smallest absolute Gasteiger partial charge is 0.129 e. The lowest BCUT2D eigenvalue weighted by molar-refractivity contribution is 0.244. The van der Waals surface area contributed by atoms with E-state index < -0.39 is 0 Å². The second-order valence-electron chi connectivity index (χ2n) is 3.61. The summed E-state index contributed by atoms with van der Waals surface area (Å²) in [6.07, 6.45) is 0. The first-order chi connectivity index (χ1) is 8.31. The first-order valence-corrected chi connectivity index (χ1v) is 5.38. The fourth-order valence-corrected chi connectivity index (χ4v) is 1.52. The Labute approximate surface area is 99.8 Å². The Morgan fingerprint density at radius 2 is 2.06 bits per heavy atom. The monoisotopic (exact) mass is 233 g/mol. The molecule has 0 aliphatic carbocycles. The first kappa shape index (κ1) is 11.5. The van der Waals surface area contributed by atoms with Gasteiger partial charge in [-0.2, -0.15) is 0 Å². The minimum Gasteiger partial charge on any atom is -0.497 e. The van der Waals surface area contributed by atoms with Gasteiger partial charge in [0.1, 0.15) is 23.9 Å². The van der Waals surface area contributed by atoms with Crippen LogP contribution in [-0.2, 0) is 13.2 Å². The van der Waals surface area contributed by atoms with Crippen LogP contribution in [0.25, 0.3) is 0 Å². The van der Waals surface area contributed by atoms with Gasteiger partial charge >= 0.3 is 0 Å². The van der Waals surface area contributed by atoms with Crippen molar-refractivity contribution in [2.45, 2.75) is 13.2 Å². The number of ether oxygens (including phenoxy) is 1. The van der Waals surface area contributed by atoms with Crippen LogP contribution in [0.4, 0.5) is 5.69 Å². The number of benzene rings is 1. The number of rotatable bonds is 5. The molecule has 0 amide bonds. The van der Waals surface area contributed by atoms with Crippen molar-refractivity contribution in [3.05, 3.63) is 47.9 Å². The molecule has 0 radical (unpaired) electrons. The molecule has 0 saturated carbocycles. The van der Waals surface area contributed by atoms with Crippen molar-refractivity contribution in [1.82, 2.24) is 0 Å². The molecule has 1 heterocycles. The van der Waals surface area contributed by atoms with Crippen molar-refractivity contribution >= 4 is 5.69 Å². The van der Waals surface area contributed by atoms with Gasteiger partial charge in [0.05, 0.1) is 13.7 Å². The highest BCUT2D eigenvalue weighted by Gasteiger charge is 2.01. The third-order valence-corrected chi connectivity index (χ3v) is 2.41. The van der Waals surface area contributed by atoms with E-state index in [-0.39, 0.29) is 6.61 Å². The summed E-state index contributed by atoms with van der Waals surface area (Å²) >= 11 is 0. The number of hydrogen-bond acceptors (Lipinski definition) is 4. The molecule has 0 atom stereocenters. The van der Waals surface area contributed by atoms with Crippen LogP contribution >= 0.6 is 0 Å². The third kappa shape index (κ3) is 3.01. The highest BCUT2D eigenvalue weighted by molar-refractivity contribution is 5.48. The van der Waals surface area contributed by atoms with Crippen LogP contribution in [0.3, 0.4) is 0 Å². The highest BCUT2D eigenvalue weighted by Crippen LogP contribution is 2.18. The Morgan fingerprint density at radius 3 is 2.76 bits per heavy atom. The second kappa shape index (κ2) is 5.41.